The van der Waals surface area contributed by atoms with Gasteiger partial charge in [0.15, 0.2) is 0 Å². The average molecular weight is 240 g/mol. The number of aromatic amines is 1. The van der Waals surface area contributed by atoms with Crippen LogP contribution < -0.4 is 10.9 Å². The van der Waals surface area contributed by atoms with Gasteiger partial charge in [-0.3, -0.25) is 4.79 Å². The molecule has 0 radical (unpaired) electrons. The van der Waals surface area contributed by atoms with Crippen molar-refractivity contribution in [3.8, 4) is 12.3 Å². The van der Waals surface area contributed by atoms with Crippen LogP contribution in [0.1, 0.15) is 19.8 Å². The summed E-state index contributed by atoms with van der Waals surface area (Å²) in [6.07, 6.45) is 6.88. The molecule has 2 N–H and O–H groups in total. The van der Waals surface area contributed by atoms with Crippen LogP contribution in [0.15, 0.2) is 35.1 Å². The fraction of sp³-hybridized carbons (Fsp3) is 0.267. The number of terminal acetylenes is 1. The van der Waals surface area contributed by atoms with Gasteiger partial charge in [-0.1, -0.05) is 25.1 Å². The summed E-state index contributed by atoms with van der Waals surface area (Å²) in [6, 6.07) is 9.65. The second-order valence-corrected chi connectivity index (χ2v) is 4.26. The van der Waals surface area contributed by atoms with Crippen molar-refractivity contribution in [1.29, 1.82) is 0 Å². The first-order valence-corrected chi connectivity index (χ1v) is 6.06. The van der Waals surface area contributed by atoms with E-state index < -0.39 is 0 Å². The molecule has 1 atom stereocenters. The van der Waals surface area contributed by atoms with Gasteiger partial charge in [0.1, 0.15) is 5.82 Å². The molecule has 0 aliphatic rings. The molecule has 92 valence electrons. The van der Waals surface area contributed by atoms with Crippen LogP contribution in [0, 0.1) is 12.3 Å². The Hall–Kier alpha value is -2.21. The van der Waals surface area contributed by atoms with E-state index in [9.17, 15) is 4.79 Å². The molecule has 0 fully saturated rings. The standard InChI is InChI=1S/C15H16N2O/c1-3-7-12(4-2)16-14-10-11-8-5-6-9-13(11)15(18)17-14/h1,5-6,8-10,12H,4,7H2,2H3,(H2,16,17,18). The van der Waals surface area contributed by atoms with Crippen LogP contribution in [0.5, 0.6) is 0 Å². The van der Waals surface area contributed by atoms with E-state index in [1.807, 2.05) is 30.3 Å². The maximum atomic E-state index is 11.9. The van der Waals surface area contributed by atoms with Crippen molar-refractivity contribution in [3.05, 3.63) is 40.7 Å². The summed E-state index contributed by atoms with van der Waals surface area (Å²) in [4.78, 5) is 14.7. The summed E-state index contributed by atoms with van der Waals surface area (Å²) >= 11 is 0. The quantitative estimate of drug-likeness (QED) is 0.807. The first-order chi connectivity index (χ1) is 8.74. The lowest BCUT2D eigenvalue weighted by Gasteiger charge is -2.15. The first kappa shape index (κ1) is 12.3. The van der Waals surface area contributed by atoms with Crippen molar-refractivity contribution >= 4 is 16.6 Å². The van der Waals surface area contributed by atoms with Crippen LogP contribution in [0.2, 0.25) is 0 Å². The number of hydrogen-bond acceptors (Lipinski definition) is 2. The smallest absolute Gasteiger partial charge is 0.257 e. The Morgan fingerprint density at radius 1 is 1.44 bits per heavy atom. The molecule has 1 aromatic heterocycles. The Kier molecular flexibility index (Phi) is 3.69. The van der Waals surface area contributed by atoms with Gasteiger partial charge < -0.3 is 10.3 Å². The summed E-state index contributed by atoms with van der Waals surface area (Å²) in [6.45, 7) is 2.06. The van der Waals surface area contributed by atoms with Crippen LogP contribution in [-0.4, -0.2) is 11.0 Å². The van der Waals surface area contributed by atoms with Gasteiger partial charge in [0, 0.05) is 17.8 Å². The van der Waals surface area contributed by atoms with Gasteiger partial charge in [-0.25, -0.2) is 0 Å². The van der Waals surface area contributed by atoms with Crippen molar-refractivity contribution < 1.29 is 0 Å². The minimum Gasteiger partial charge on any atom is -0.368 e. The van der Waals surface area contributed by atoms with E-state index in [2.05, 4.69) is 23.1 Å². The second kappa shape index (κ2) is 5.42. The number of fused-ring (bicyclic) bond motifs is 1. The fourth-order valence-corrected chi connectivity index (χ4v) is 1.95. The molecule has 0 spiro atoms. The second-order valence-electron chi connectivity index (χ2n) is 4.26. The van der Waals surface area contributed by atoms with Crippen molar-refractivity contribution in [3.63, 3.8) is 0 Å². The molecule has 18 heavy (non-hydrogen) atoms. The fourth-order valence-electron chi connectivity index (χ4n) is 1.95. The highest BCUT2D eigenvalue weighted by atomic mass is 16.1. The Balaban J connectivity index is 2.35. The zero-order valence-electron chi connectivity index (χ0n) is 10.4. The molecule has 0 aliphatic heterocycles. The largest absolute Gasteiger partial charge is 0.368 e. The van der Waals surface area contributed by atoms with E-state index >= 15 is 0 Å². The molecule has 0 amide bonds. The third kappa shape index (κ3) is 2.54. The molecule has 3 nitrogen and oxygen atoms in total. The van der Waals surface area contributed by atoms with Gasteiger partial charge >= 0.3 is 0 Å². The highest BCUT2D eigenvalue weighted by Gasteiger charge is 2.06. The van der Waals surface area contributed by atoms with Gasteiger partial charge in [-0.15, -0.1) is 12.3 Å². The minimum absolute atomic E-state index is 0.0776. The molecule has 1 unspecified atom stereocenters. The summed E-state index contributed by atoms with van der Waals surface area (Å²) in [5.74, 6) is 3.36. The van der Waals surface area contributed by atoms with Gasteiger partial charge in [0.25, 0.3) is 5.56 Å². The zero-order chi connectivity index (χ0) is 13.0. The molecule has 3 heteroatoms. The molecule has 0 aliphatic carbocycles. The Bertz CT molecular complexity index is 637. The van der Waals surface area contributed by atoms with Gasteiger partial charge in [0.2, 0.25) is 0 Å². The van der Waals surface area contributed by atoms with E-state index in [0.717, 1.165) is 17.6 Å². The number of H-pyrrole nitrogens is 1. The SMILES string of the molecule is C#CCC(CC)Nc1cc2ccccc2c(=O)[nH]1. The molecule has 1 aromatic carbocycles. The third-order valence-electron chi connectivity index (χ3n) is 2.97. The Morgan fingerprint density at radius 3 is 2.94 bits per heavy atom. The number of pyridine rings is 1. The molecule has 0 saturated heterocycles. The number of benzene rings is 1. The monoisotopic (exact) mass is 240 g/mol. The molecular formula is C15H16N2O. The highest BCUT2D eigenvalue weighted by molar-refractivity contribution is 5.83. The van der Waals surface area contributed by atoms with Crippen molar-refractivity contribution in [2.45, 2.75) is 25.8 Å². The van der Waals surface area contributed by atoms with Crippen molar-refractivity contribution in [2.75, 3.05) is 5.32 Å². The highest BCUT2D eigenvalue weighted by Crippen LogP contribution is 2.14. The first-order valence-electron chi connectivity index (χ1n) is 6.06. The molecule has 2 rings (SSSR count). The Morgan fingerprint density at radius 2 is 2.22 bits per heavy atom. The third-order valence-corrected chi connectivity index (χ3v) is 2.97. The van der Waals surface area contributed by atoms with E-state index in [-0.39, 0.29) is 11.6 Å². The lowest BCUT2D eigenvalue weighted by Crippen LogP contribution is -2.20. The predicted molar refractivity (Wildman–Crippen MR) is 75.7 cm³/mol. The van der Waals surface area contributed by atoms with E-state index in [1.165, 1.54) is 0 Å². The van der Waals surface area contributed by atoms with Crippen LogP contribution in [-0.2, 0) is 0 Å². The topological polar surface area (TPSA) is 44.9 Å². The van der Waals surface area contributed by atoms with Gasteiger partial charge in [-0.2, -0.15) is 0 Å². The van der Waals surface area contributed by atoms with Gasteiger partial charge in [0.05, 0.1) is 0 Å². The van der Waals surface area contributed by atoms with Crippen molar-refractivity contribution in [2.24, 2.45) is 0 Å². The number of aromatic nitrogens is 1. The summed E-state index contributed by atoms with van der Waals surface area (Å²) in [5, 5.41) is 4.90. The maximum Gasteiger partial charge on any atom is 0.257 e. The number of nitrogens with one attached hydrogen (secondary N) is 2. The lowest BCUT2D eigenvalue weighted by molar-refractivity contribution is 0.711. The number of hydrogen-bond donors (Lipinski definition) is 2. The summed E-state index contributed by atoms with van der Waals surface area (Å²) < 4.78 is 0. The van der Waals surface area contributed by atoms with Gasteiger partial charge in [-0.05, 0) is 23.9 Å². The Labute approximate surface area is 106 Å². The van der Waals surface area contributed by atoms with E-state index in [1.54, 1.807) is 0 Å². The van der Waals surface area contributed by atoms with Crippen LogP contribution in [0.4, 0.5) is 5.82 Å². The van der Waals surface area contributed by atoms with E-state index in [0.29, 0.717) is 11.8 Å². The van der Waals surface area contributed by atoms with Crippen LogP contribution in [0.25, 0.3) is 10.8 Å². The van der Waals surface area contributed by atoms with E-state index in [4.69, 9.17) is 6.42 Å². The average Bonchev–Trinajstić information content (AvgIpc) is 2.38. The minimum atomic E-state index is -0.0776. The molecule has 0 bridgehead atoms. The maximum absolute atomic E-state index is 11.9. The van der Waals surface area contributed by atoms with Crippen LogP contribution >= 0.6 is 0 Å². The number of anilines is 1. The molecular weight excluding hydrogens is 224 g/mol. The molecule has 2 aromatic rings. The summed E-state index contributed by atoms with van der Waals surface area (Å²) in [7, 11) is 0. The normalized spacial score (nSPS) is 12.0. The number of rotatable bonds is 4. The van der Waals surface area contributed by atoms with Crippen molar-refractivity contribution in [1.82, 2.24) is 4.98 Å². The predicted octanol–water partition coefficient (Wildman–Crippen LogP) is 2.74. The molecule has 0 saturated carbocycles. The lowest BCUT2D eigenvalue weighted by atomic mass is 10.1. The molecule has 1 heterocycles. The van der Waals surface area contributed by atoms with Crippen LogP contribution in [0.3, 0.4) is 0 Å². The summed E-state index contributed by atoms with van der Waals surface area (Å²) in [5.41, 5.74) is -0.0776. The zero-order valence-corrected chi connectivity index (χ0v) is 10.4.